The minimum Gasteiger partial charge on any atom is -0.479 e. The number of amides is 1. The summed E-state index contributed by atoms with van der Waals surface area (Å²) in [7, 11) is 1.56. The van der Waals surface area contributed by atoms with Crippen LogP contribution in [-0.2, 0) is 9.53 Å². The molecule has 1 amide bonds. The average Bonchev–Trinajstić information content (AvgIpc) is 2.34. The summed E-state index contributed by atoms with van der Waals surface area (Å²) in [5.41, 5.74) is -1.77. The molecule has 5 heteroatoms. The number of nitrogens with zero attached hydrogens (tertiary/aromatic N) is 1. The maximum Gasteiger partial charge on any atom is 0.410 e. The van der Waals surface area contributed by atoms with Crippen LogP contribution in [0.5, 0.6) is 0 Å². The van der Waals surface area contributed by atoms with E-state index in [1.54, 1.807) is 27.8 Å². The van der Waals surface area contributed by atoms with Crippen LogP contribution in [0.25, 0.3) is 0 Å². The SMILES string of the molecule is CC(C)CC1CCCC(C(=O)O)(N(C)C(=O)OC(C)(C)C)C1. The predicted molar refractivity (Wildman–Crippen MR) is 85.8 cm³/mol. The highest BCUT2D eigenvalue weighted by molar-refractivity contribution is 5.84. The molecule has 0 spiro atoms. The van der Waals surface area contributed by atoms with Gasteiger partial charge in [0, 0.05) is 7.05 Å². The van der Waals surface area contributed by atoms with Crippen molar-refractivity contribution in [1.82, 2.24) is 4.90 Å². The van der Waals surface area contributed by atoms with Crippen LogP contribution in [0.2, 0.25) is 0 Å². The number of rotatable bonds is 4. The molecule has 1 rings (SSSR count). The third-order valence-corrected chi connectivity index (χ3v) is 4.34. The number of hydrogen-bond acceptors (Lipinski definition) is 3. The molecule has 0 radical (unpaired) electrons. The Morgan fingerprint density at radius 1 is 1.36 bits per heavy atom. The Balaban J connectivity index is 2.95. The summed E-state index contributed by atoms with van der Waals surface area (Å²) in [6.07, 6.45) is 3.31. The summed E-state index contributed by atoms with van der Waals surface area (Å²) in [5, 5.41) is 9.81. The van der Waals surface area contributed by atoms with Gasteiger partial charge in [0.25, 0.3) is 0 Å². The molecule has 5 nitrogen and oxygen atoms in total. The normalized spacial score (nSPS) is 25.9. The maximum absolute atomic E-state index is 12.3. The molecule has 0 aliphatic heterocycles. The molecule has 2 unspecified atom stereocenters. The molecule has 1 aliphatic rings. The van der Waals surface area contributed by atoms with Crippen LogP contribution in [0.1, 0.15) is 66.7 Å². The quantitative estimate of drug-likeness (QED) is 0.854. The summed E-state index contributed by atoms with van der Waals surface area (Å²) in [6.45, 7) is 9.65. The Morgan fingerprint density at radius 3 is 2.41 bits per heavy atom. The molecule has 0 aromatic carbocycles. The van der Waals surface area contributed by atoms with Gasteiger partial charge in [-0.3, -0.25) is 4.90 Å². The molecule has 1 saturated carbocycles. The van der Waals surface area contributed by atoms with Crippen LogP contribution in [0.3, 0.4) is 0 Å². The molecule has 0 heterocycles. The first-order valence-corrected chi connectivity index (χ1v) is 8.18. The zero-order chi connectivity index (χ0) is 17.1. The molecule has 2 atom stereocenters. The first-order chi connectivity index (χ1) is 9.98. The monoisotopic (exact) mass is 313 g/mol. The highest BCUT2D eigenvalue weighted by atomic mass is 16.6. The van der Waals surface area contributed by atoms with Gasteiger partial charge >= 0.3 is 12.1 Å². The van der Waals surface area contributed by atoms with Crippen LogP contribution >= 0.6 is 0 Å². The molecule has 1 aliphatic carbocycles. The molecule has 22 heavy (non-hydrogen) atoms. The number of carboxylic acids is 1. The lowest BCUT2D eigenvalue weighted by Crippen LogP contribution is -2.58. The summed E-state index contributed by atoms with van der Waals surface area (Å²) in [5.74, 6) is -0.0505. The van der Waals surface area contributed by atoms with E-state index in [-0.39, 0.29) is 0 Å². The third kappa shape index (κ3) is 4.62. The van der Waals surface area contributed by atoms with Crippen molar-refractivity contribution in [2.75, 3.05) is 7.05 Å². The van der Waals surface area contributed by atoms with Crippen LogP contribution in [0.4, 0.5) is 4.79 Å². The summed E-state index contributed by atoms with van der Waals surface area (Å²) in [4.78, 5) is 25.6. The fraction of sp³-hybridized carbons (Fsp3) is 0.882. The van der Waals surface area contributed by atoms with Crippen molar-refractivity contribution in [3.63, 3.8) is 0 Å². The first-order valence-electron chi connectivity index (χ1n) is 8.18. The van der Waals surface area contributed by atoms with E-state index in [2.05, 4.69) is 13.8 Å². The number of carboxylic acid groups (broad SMARTS) is 1. The van der Waals surface area contributed by atoms with Gasteiger partial charge in [0.15, 0.2) is 0 Å². The Morgan fingerprint density at radius 2 is 1.95 bits per heavy atom. The topological polar surface area (TPSA) is 66.8 Å². The minimum absolute atomic E-state index is 0.342. The van der Waals surface area contributed by atoms with E-state index in [4.69, 9.17) is 4.74 Å². The Hall–Kier alpha value is -1.26. The van der Waals surface area contributed by atoms with Crippen LogP contribution in [-0.4, -0.2) is 40.3 Å². The first kappa shape index (κ1) is 18.8. The van der Waals surface area contributed by atoms with E-state index >= 15 is 0 Å². The summed E-state index contributed by atoms with van der Waals surface area (Å²) in [6, 6.07) is 0. The van der Waals surface area contributed by atoms with Crippen LogP contribution < -0.4 is 0 Å². The number of ether oxygens (including phenoxy) is 1. The van der Waals surface area contributed by atoms with Gasteiger partial charge in [-0.05, 0) is 51.9 Å². The lowest BCUT2D eigenvalue weighted by atomic mass is 9.72. The molecular weight excluding hydrogens is 282 g/mol. The molecule has 0 aromatic rings. The van der Waals surface area contributed by atoms with Gasteiger partial charge in [-0.25, -0.2) is 9.59 Å². The molecule has 128 valence electrons. The number of aliphatic carboxylic acids is 1. The molecule has 1 fully saturated rings. The lowest BCUT2D eigenvalue weighted by molar-refractivity contribution is -0.154. The van der Waals surface area contributed by atoms with Crippen molar-refractivity contribution in [2.45, 2.75) is 77.9 Å². The summed E-state index contributed by atoms with van der Waals surface area (Å²) >= 11 is 0. The second-order valence-electron chi connectivity index (χ2n) is 7.97. The molecule has 1 N–H and O–H groups in total. The Bertz CT molecular complexity index is 413. The van der Waals surface area contributed by atoms with Crippen molar-refractivity contribution in [1.29, 1.82) is 0 Å². The van der Waals surface area contributed by atoms with Gasteiger partial charge in [0.2, 0.25) is 0 Å². The van der Waals surface area contributed by atoms with Gasteiger partial charge in [0.1, 0.15) is 11.1 Å². The molecule has 0 aromatic heterocycles. The Kier molecular flexibility index (Phi) is 5.88. The highest BCUT2D eigenvalue weighted by Crippen LogP contribution is 2.39. The fourth-order valence-corrected chi connectivity index (χ4v) is 3.38. The zero-order valence-electron chi connectivity index (χ0n) is 14.8. The van der Waals surface area contributed by atoms with E-state index in [0.717, 1.165) is 19.3 Å². The number of carbonyl (C=O) groups is 2. The second kappa shape index (κ2) is 6.88. The number of carbonyl (C=O) groups excluding carboxylic acids is 1. The van der Waals surface area contributed by atoms with Crippen molar-refractivity contribution in [3.05, 3.63) is 0 Å². The van der Waals surface area contributed by atoms with Gasteiger partial charge in [-0.15, -0.1) is 0 Å². The van der Waals surface area contributed by atoms with Crippen molar-refractivity contribution in [2.24, 2.45) is 11.8 Å². The largest absolute Gasteiger partial charge is 0.479 e. The zero-order valence-corrected chi connectivity index (χ0v) is 14.8. The lowest BCUT2D eigenvalue weighted by Gasteiger charge is -2.44. The smallest absolute Gasteiger partial charge is 0.410 e. The number of hydrogen-bond donors (Lipinski definition) is 1. The van der Waals surface area contributed by atoms with E-state index in [1.807, 2.05) is 0 Å². The van der Waals surface area contributed by atoms with Gasteiger partial charge in [-0.1, -0.05) is 26.7 Å². The molecule has 0 bridgehead atoms. The average molecular weight is 313 g/mol. The Labute approximate surface area is 134 Å². The summed E-state index contributed by atoms with van der Waals surface area (Å²) < 4.78 is 5.37. The highest BCUT2D eigenvalue weighted by Gasteiger charge is 2.49. The molecule has 0 saturated heterocycles. The maximum atomic E-state index is 12.3. The van der Waals surface area contributed by atoms with Gasteiger partial charge in [-0.2, -0.15) is 0 Å². The van der Waals surface area contributed by atoms with Crippen molar-refractivity contribution < 1.29 is 19.4 Å². The van der Waals surface area contributed by atoms with E-state index in [9.17, 15) is 14.7 Å². The molecular formula is C17H31NO4. The van der Waals surface area contributed by atoms with Crippen molar-refractivity contribution in [3.8, 4) is 0 Å². The van der Waals surface area contributed by atoms with Gasteiger partial charge in [0.05, 0.1) is 0 Å². The third-order valence-electron chi connectivity index (χ3n) is 4.34. The van der Waals surface area contributed by atoms with Crippen molar-refractivity contribution >= 4 is 12.1 Å². The van der Waals surface area contributed by atoms with Gasteiger partial charge < -0.3 is 9.84 Å². The fourth-order valence-electron chi connectivity index (χ4n) is 3.38. The van der Waals surface area contributed by atoms with E-state index in [1.165, 1.54) is 4.90 Å². The standard InChI is InChI=1S/C17H31NO4/c1-12(2)10-13-8-7-9-17(11-13,14(19)20)18(6)15(21)22-16(3,4)5/h12-13H,7-11H2,1-6H3,(H,19,20). The predicted octanol–water partition coefficient (Wildman–Crippen LogP) is 3.91. The minimum atomic E-state index is -1.14. The second-order valence-corrected chi connectivity index (χ2v) is 7.97. The van der Waals surface area contributed by atoms with E-state index in [0.29, 0.717) is 24.7 Å². The van der Waals surface area contributed by atoms with Crippen LogP contribution in [0.15, 0.2) is 0 Å². The number of likely N-dealkylation sites (N-methyl/N-ethyl adjacent to an activating group) is 1. The van der Waals surface area contributed by atoms with Crippen LogP contribution in [0, 0.1) is 11.8 Å². The van der Waals surface area contributed by atoms with E-state index < -0.39 is 23.2 Å².